The maximum atomic E-state index is 6.21. The van der Waals surface area contributed by atoms with E-state index in [0.29, 0.717) is 10.8 Å². The van der Waals surface area contributed by atoms with Gasteiger partial charge in [-0.05, 0) is 43.1 Å². The molecule has 1 saturated heterocycles. The van der Waals surface area contributed by atoms with E-state index >= 15 is 0 Å². The Labute approximate surface area is 114 Å². The van der Waals surface area contributed by atoms with E-state index in [9.17, 15) is 0 Å². The van der Waals surface area contributed by atoms with E-state index in [-0.39, 0.29) is 6.04 Å². The second-order valence-corrected chi connectivity index (χ2v) is 7.49. The van der Waals surface area contributed by atoms with Crippen LogP contribution in [0, 0.1) is 0 Å². The van der Waals surface area contributed by atoms with E-state index in [1.165, 1.54) is 29.7 Å². The Kier molecular flexibility index (Phi) is 3.39. The molecule has 18 heavy (non-hydrogen) atoms. The molecule has 2 nitrogen and oxygen atoms in total. The van der Waals surface area contributed by atoms with E-state index < -0.39 is 0 Å². The third kappa shape index (κ3) is 2.31. The largest absolute Gasteiger partial charge is 0.324 e. The zero-order valence-corrected chi connectivity index (χ0v) is 11.8. The van der Waals surface area contributed by atoms with Crippen molar-refractivity contribution >= 4 is 11.8 Å². The van der Waals surface area contributed by atoms with Crippen LogP contribution in [0.15, 0.2) is 24.3 Å². The lowest BCUT2D eigenvalue weighted by molar-refractivity contribution is 0.453. The summed E-state index contributed by atoms with van der Waals surface area (Å²) in [7, 11) is 0. The van der Waals surface area contributed by atoms with Crippen molar-refractivity contribution in [2.24, 2.45) is 5.73 Å². The van der Waals surface area contributed by atoms with Gasteiger partial charge in [0.1, 0.15) is 0 Å². The topological polar surface area (TPSA) is 38.0 Å². The van der Waals surface area contributed by atoms with Crippen molar-refractivity contribution in [3.8, 4) is 0 Å². The number of nitrogens with one attached hydrogen (secondary N) is 1. The van der Waals surface area contributed by atoms with E-state index in [4.69, 9.17) is 5.73 Å². The summed E-state index contributed by atoms with van der Waals surface area (Å²) < 4.78 is 0.432. The number of thioether (sulfide) groups is 1. The summed E-state index contributed by atoms with van der Waals surface area (Å²) in [5, 5.41) is 3.75. The Morgan fingerprint density at radius 3 is 2.89 bits per heavy atom. The van der Waals surface area contributed by atoms with Gasteiger partial charge in [-0.1, -0.05) is 24.3 Å². The highest BCUT2D eigenvalue weighted by Gasteiger charge is 2.33. The molecule has 0 amide bonds. The summed E-state index contributed by atoms with van der Waals surface area (Å²) in [5.41, 5.74) is 8.95. The van der Waals surface area contributed by atoms with E-state index in [0.717, 1.165) is 13.0 Å². The normalized spacial score (nSPS) is 34.8. The van der Waals surface area contributed by atoms with Crippen LogP contribution in [0.25, 0.3) is 0 Å². The van der Waals surface area contributed by atoms with Gasteiger partial charge in [0.15, 0.2) is 0 Å². The number of hydrogen-bond acceptors (Lipinski definition) is 3. The van der Waals surface area contributed by atoms with Gasteiger partial charge in [0.05, 0.1) is 0 Å². The second-order valence-electron chi connectivity index (χ2n) is 5.81. The highest BCUT2D eigenvalue weighted by Crippen LogP contribution is 2.40. The van der Waals surface area contributed by atoms with Gasteiger partial charge in [-0.3, -0.25) is 0 Å². The smallest absolute Gasteiger partial charge is 0.0342 e. The van der Waals surface area contributed by atoms with Gasteiger partial charge < -0.3 is 11.1 Å². The van der Waals surface area contributed by atoms with Gasteiger partial charge >= 0.3 is 0 Å². The Morgan fingerprint density at radius 1 is 1.39 bits per heavy atom. The van der Waals surface area contributed by atoms with Gasteiger partial charge in [-0.15, -0.1) is 0 Å². The summed E-state index contributed by atoms with van der Waals surface area (Å²) in [4.78, 5) is 0. The van der Waals surface area contributed by atoms with Crippen molar-refractivity contribution in [2.75, 3.05) is 12.3 Å². The molecule has 98 valence electrons. The zero-order chi connectivity index (χ0) is 12.6. The lowest BCUT2D eigenvalue weighted by Gasteiger charge is -2.26. The third-order valence-electron chi connectivity index (χ3n) is 4.28. The van der Waals surface area contributed by atoms with Crippen LogP contribution in [-0.4, -0.2) is 17.0 Å². The minimum Gasteiger partial charge on any atom is -0.324 e. The molecule has 1 aromatic carbocycles. The summed E-state index contributed by atoms with van der Waals surface area (Å²) >= 11 is 2.12. The second kappa shape index (κ2) is 4.87. The summed E-state index contributed by atoms with van der Waals surface area (Å²) in [6.45, 7) is 3.49. The van der Waals surface area contributed by atoms with Gasteiger partial charge in [0.25, 0.3) is 0 Å². The Morgan fingerprint density at radius 2 is 2.17 bits per heavy atom. The monoisotopic (exact) mass is 262 g/mol. The molecule has 0 saturated carbocycles. The molecule has 1 heterocycles. The lowest BCUT2D eigenvalue weighted by Crippen LogP contribution is -2.34. The van der Waals surface area contributed by atoms with Crippen molar-refractivity contribution in [1.29, 1.82) is 0 Å². The number of rotatable bonds is 3. The van der Waals surface area contributed by atoms with Crippen LogP contribution in [0.4, 0.5) is 0 Å². The Balaban J connectivity index is 1.68. The van der Waals surface area contributed by atoms with Gasteiger partial charge in [-0.2, -0.15) is 11.8 Å². The molecule has 3 heteroatoms. The maximum Gasteiger partial charge on any atom is 0.0342 e. The van der Waals surface area contributed by atoms with Crippen molar-refractivity contribution < 1.29 is 0 Å². The van der Waals surface area contributed by atoms with Crippen LogP contribution in [-0.2, 0) is 0 Å². The maximum absolute atomic E-state index is 6.21. The molecular weight excluding hydrogens is 240 g/mol. The fourth-order valence-electron chi connectivity index (χ4n) is 3.18. The molecular formula is C15H22N2S. The van der Waals surface area contributed by atoms with Gasteiger partial charge in [0, 0.05) is 23.4 Å². The minimum atomic E-state index is 0.211. The zero-order valence-electron chi connectivity index (χ0n) is 11.0. The molecule has 3 atom stereocenters. The predicted octanol–water partition coefficient (Wildman–Crippen LogP) is 3.01. The van der Waals surface area contributed by atoms with E-state index in [1.54, 1.807) is 0 Å². The molecule has 2 aliphatic rings. The standard InChI is InChI=1S/C15H22N2S/c1-15(7-4-8-18-15)10-17-14-9-13(16)11-5-2-3-6-12(11)14/h2-3,5-6,13-14,17H,4,7-10,16H2,1H3. The van der Waals surface area contributed by atoms with Crippen LogP contribution in [0.2, 0.25) is 0 Å². The molecule has 0 bridgehead atoms. The average Bonchev–Trinajstić information content (AvgIpc) is 2.94. The SMILES string of the molecule is CC1(CNC2CC(N)c3ccccc32)CCCS1. The van der Waals surface area contributed by atoms with Gasteiger partial charge in [0.2, 0.25) is 0 Å². The van der Waals surface area contributed by atoms with Crippen molar-refractivity contribution in [1.82, 2.24) is 5.32 Å². The number of benzene rings is 1. The minimum absolute atomic E-state index is 0.211. The van der Waals surface area contributed by atoms with Crippen molar-refractivity contribution in [3.63, 3.8) is 0 Å². The molecule has 0 spiro atoms. The molecule has 3 unspecified atom stereocenters. The number of hydrogen-bond donors (Lipinski definition) is 2. The first-order valence-electron chi connectivity index (χ1n) is 6.90. The molecule has 3 rings (SSSR count). The Bertz CT molecular complexity index is 426. The highest BCUT2D eigenvalue weighted by molar-refractivity contribution is 8.00. The average molecular weight is 262 g/mol. The number of nitrogens with two attached hydrogens (primary N) is 1. The summed E-state index contributed by atoms with van der Waals surface area (Å²) in [6.07, 6.45) is 3.74. The third-order valence-corrected chi connectivity index (χ3v) is 5.82. The summed E-state index contributed by atoms with van der Waals surface area (Å²) in [6, 6.07) is 9.28. The first-order valence-corrected chi connectivity index (χ1v) is 7.88. The van der Waals surface area contributed by atoms with E-state index in [1.807, 2.05) is 0 Å². The lowest BCUT2D eigenvalue weighted by atomic mass is 10.0. The van der Waals surface area contributed by atoms with Gasteiger partial charge in [-0.25, -0.2) is 0 Å². The first-order chi connectivity index (χ1) is 8.68. The molecule has 0 aromatic heterocycles. The molecule has 1 fully saturated rings. The highest BCUT2D eigenvalue weighted by atomic mass is 32.2. The van der Waals surface area contributed by atoms with Crippen molar-refractivity contribution in [2.45, 2.75) is 43.0 Å². The van der Waals surface area contributed by atoms with E-state index in [2.05, 4.69) is 48.3 Å². The fourth-order valence-corrected chi connectivity index (χ4v) is 4.44. The van der Waals surface area contributed by atoms with Crippen LogP contribution in [0.3, 0.4) is 0 Å². The summed E-state index contributed by atoms with van der Waals surface area (Å²) in [5.74, 6) is 1.32. The van der Waals surface area contributed by atoms with Crippen LogP contribution in [0.5, 0.6) is 0 Å². The molecule has 3 N–H and O–H groups in total. The quantitative estimate of drug-likeness (QED) is 0.879. The molecule has 1 aliphatic carbocycles. The van der Waals surface area contributed by atoms with Crippen LogP contribution >= 0.6 is 11.8 Å². The Hall–Kier alpha value is -0.510. The number of fused-ring (bicyclic) bond motifs is 1. The van der Waals surface area contributed by atoms with Crippen LogP contribution < -0.4 is 11.1 Å². The fraction of sp³-hybridized carbons (Fsp3) is 0.600. The van der Waals surface area contributed by atoms with Crippen LogP contribution in [0.1, 0.15) is 49.4 Å². The predicted molar refractivity (Wildman–Crippen MR) is 78.8 cm³/mol. The molecule has 0 radical (unpaired) electrons. The molecule has 1 aliphatic heterocycles. The van der Waals surface area contributed by atoms with Crippen molar-refractivity contribution in [3.05, 3.63) is 35.4 Å². The first kappa shape index (κ1) is 12.5. The molecule has 1 aromatic rings.